The molecule has 1 aromatic carbocycles. The largest absolute Gasteiger partial charge is 0.480 e. The number of carboxylic acid groups (broad SMARTS) is 1. The molecular weight excluding hydrogens is 208 g/mol. The monoisotopic (exact) mass is 214 g/mol. The quantitative estimate of drug-likeness (QED) is 0.768. The zero-order chi connectivity index (χ0) is 8.27. The summed E-state index contributed by atoms with van der Waals surface area (Å²) in [6.45, 7) is 0. The number of carbonyl (C=O) groups is 1. The normalized spacial score (nSPS) is 12.5. The van der Waals surface area contributed by atoms with Crippen molar-refractivity contribution in [1.29, 1.82) is 0 Å². The van der Waals surface area contributed by atoms with Crippen LogP contribution in [0.25, 0.3) is 0 Å². The van der Waals surface area contributed by atoms with Gasteiger partial charge < -0.3 is 5.11 Å². The highest BCUT2D eigenvalue weighted by Gasteiger charge is 2.13. The second-order valence-corrected chi connectivity index (χ2v) is 3.03. The number of benzene rings is 1. The van der Waals surface area contributed by atoms with Gasteiger partial charge in [-0.1, -0.05) is 46.3 Å². The van der Waals surface area contributed by atoms with Crippen LogP contribution >= 0.6 is 15.9 Å². The molecule has 0 radical (unpaired) electrons. The second-order valence-electron chi connectivity index (χ2n) is 2.11. The number of alkyl halides is 1. The maximum absolute atomic E-state index is 10.5. The van der Waals surface area contributed by atoms with E-state index in [1.165, 1.54) is 0 Å². The van der Waals surface area contributed by atoms with E-state index in [2.05, 4.69) is 15.9 Å². The standard InChI is InChI=1S/C8H7BrO2/c9-7(8(10)11)6-4-2-1-3-5-6/h1-5,7H,(H,10,11)/t7-/m1/s1. The Morgan fingerprint density at radius 1 is 1.36 bits per heavy atom. The van der Waals surface area contributed by atoms with E-state index < -0.39 is 10.8 Å². The lowest BCUT2D eigenvalue weighted by atomic mass is 10.2. The van der Waals surface area contributed by atoms with Crippen LogP contribution in [0, 0.1) is 0 Å². The maximum atomic E-state index is 10.5. The Hall–Kier alpha value is -0.830. The molecule has 1 atom stereocenters. The predicted molar refractivity (Wildman–Crippen MR) is 45.7 cm³/mol. The average molecular weight is 215 g/mol. The van der Waals surface area contributed by atoms with Gasteiger partial charge in [-0.15, -0.1) is 0 Å². The van der Waals surface area contributed by atoms with Crippen molar-refractivity contribution in [2.75, 3.05) is 0 Å². The van der Waals surface area contributed by atoms with Gasteiger partial charge >= 0.3 is 5.97 Å². The lowest BCUT2D eigenvalue weighted by molar-refractivity contribution is -0.136. The van der Waals surface area contributed by atoms with Gasteiger partial charge in [-0.2, -0.15) is 0 Å². The Morgan fingerprint density at radius 2 is 1.91 bits per heavy atom. The first-order chi connectivity index (χ1) is 5.22. The second kappa shape index (κ2) is 3.53. The minimum atomic E-state index is -0.865. The molecular formula is C8H7BrO2. The molecule has 0 amide bonds. The predicted octanol–water partition coefficient (Wildman–Crippen LogP) is 2.21. The van der Waals surface area contributed by atoms with Crippen LogP contribution in [0.2, 0.25) is 0 Å². The molecule has 11 heavy (non-hydrogen) atoms. The minimum Gasteiger partial charge on any atom is -0.480 e. The summed E-state index contributed by atoms with van der Waals surface area (Å²) in [6.07, 6.45) is 0. The van der Waals surface area contributed by atoms with Crippen LogP contribution in [0.1, 0.15) is 10.4 Å². The molecule has 0 unspecified atom stereocenters. The van der Waals surface area contributed by atoms with Crippen molar-refractivity contribution in [3.63, 3.8) is 0 Å². The lowest BCUT2D eigenvalue weighted by Crippen LogP contribution is -2.03. The van der Waals surface area contributed by atoms with Crippen LogP contribution in [0.5, 0.6) is 0 Å². The first-order valence-corrected chi connectivity index (χ1v) is 4.05. The Labute approximate surface area is 73.0 Å². The molecule has 0 aliphatic rings. The summed E-state index contributed by atoms with van der Waals surface area (Å²) in [4.78, 5) is 9.86. The number of rotatable bonds is 2. The molecule has 0 saturated carbocycles. The Balaban J connectivity index is 2.85. The molecule has 1 aromatic rings. The van der Waals surface area contributed by atoms with E-state index >= 15 is 0 Å². The number of hydrogen-bond donors (Lipinski definition) is 1. The summed E-state index contributed by atoms with van der Waals surface area (Å²) in [7, 11) is 0. The fraction of sp³-hybridized carbons (Fsp3) is 0.125. The van der Waals surface area contributed by atoms with Gasteiger partial charge in [-0.3, -0.25) is 4.79 Å². The van der Waals surface area contributed by atoms with Crippen LogP contribution in [0.15, 0.2) is 30.3 Å². The highest BCUT2D eigenvalue weighted by Crippen LogP contribution is 2.21. The molecule has 0 heterocycles. The van der Waals surface area contributed by atoms with Crippen LogP contribution in [0.4, 0.5) is 0 Å². The van der Waals surface area contributed by atoms with Gasteiger partial charge in [-0.25, -0.2) is 0 Å². The Morgan fingerprint density at radius 3 is 2.36 bits per heavy atom. The molecule has 2 nitrogen and oxygen atoms in total. The Kier molecular flexibility index (Phi) is 2.65. The lowest BCUT2D eigenvalue weighted by Gasteiger charge is -2.02. The van der Waals surface area contributed by atoms with Crippen molar-refractivity contribution in [2.45, 2.75) is 4.83 Å². The molecule has 1 N–H and O–H groups in total. The first-order valence-electron chi connectivity index (χ1n) is 3.13. The van der Waals surface area contributed by atoms with Crippen LogP contribution in [0.3, 0.4) is 0 Å². The average Bonchev–Trinajstić information content (AvgIpc) is 2.05. The van der Waals surface area contributed by atoms with Gasteiger partial charge in [0.05, 0.1) is 0 Å². The summed E-state index contributed by atoms with van der Waals surface area (Å²) in [5.74, 6) is -0.865. The molecule has 0 fully saturated rings. The summed E-state index contributed by atoms with van der Waals surface area (Å²) < 4.78 is 0. The van der Waals surface area contributed by atoms with E-state index in [1.807, 2.05) is 18.2 Å². The number of hydrogen-bond acceptors (Lipinski definition) is 1. The van der Waals surface area contributed by atoms with Crippen molar-refractivity contribution < 1.29 is 9.90 Å². The Bertz CT molecular complexity index is 246. The third kappa shape index (κ3) is 2.05. The van der Waals surface area contributed by atoms with Crippen LogP contribution < -0.4 is 0 Å². The molecule has 1 rings (SSSR count). The highest BCUT2D eigenvalue weighted by atomic mass is 79.9. The first kappa shape index (κ1) is 8.27. The van der Waals surface area contributed by atoms with Crippen molar-refractivity contribution in [3.05, 3.63) is 35.9 Å². The van der Waals surface area contributed by atoms with Gasteiger partial charge in [0.25, 0.3) is 0 Å². The third-order valence-corrected chi connectivity index (χ3v) is 2.23. The van der Waals surface area contributed by atoms with Crippen LogP contribution in [-0.4, -0.2) is 11.1 Å². The van der Waals surface area contributed by atoms with Gasteiger partial charge in [0.15, 0.2) is 0 Å². The molecule has 0 aliphatic heterocycles. The van der Waals surface area contributed by atoms with Crippen molar-refractivity contribution in [2.24, 2.45) is 0 Å². The molecule has 0 spiro atoms. The summed E-state index contributed by atoms with van der Waals surface area (Å²) in [5.41, 5.74) is 0.764. The number of carboxylic acids is 1. The molecule has 0 bridgehead atoms. The fourth-order valence-corrected chi connectivity index (χ4v) is 1.07. The minimum absolute atomic E-state index is 0.594. The van der Waals surface area contributed by atoms with Crippen molar-refractivity contribution >= 4 is 21.9 Å². The van der Waals surface area contributed by atoms with Crippen molar-refractivity contribution in [3.8, 4) is 0 Å². The number of aliphatic carboxylic acids is 1. The molecule has 58 valence electrons. The van der Waals surface area contributed by atoms with E-state index in [4.69, 9.17) is 5.11 Å². The van der Waals surface area contributed by atoms with Gasteiger partial charge in [0.1, 0.15) is 4.83 Å². The summed E-state index contributed by atoms with van der Waals surface area (Å²) >= 11 is 3.05. The zero-order valence-corrected chi connectivity index (χ0v) is 7.28. The SMILES string of the molecule is O=C(O)[C@H](Br)c1ccccc1. The number of halogens is 1. The maximum Gasteiger partial charge on any atom is 0.321 e. The molecule has 0 aromatic heterocycles. The van der Waals surface area contributed by atoms with E-state index in [-0.39, 0.29) is 0 Å². The van der Waals surface area contributed by atoms with Crippen molar-refractivity contribution in [1.82, 2.24) is 0 Å². The van der Waals surface area contributed by atoms with Gasteiger partial charge in [0.2, 0.25) is 0 Å². The molecule has 0 aliphatic carbocycles. The van der Waals surface area contributed by atoms with E-state index in [1.54, 1.807) is 12.1 Å². The topological polar surface area (TPSA) is 37.3 Å². The molecule has 0 saturated heterocycles. The molecule has 3 heteroatoms. The van der Waals surface area contributed by atoms with E-state index in [9.17, 15) is 4.79 Å². The smallest absolute Gasteiger partial charge is 0.321 e. The van der Waals surface area contributed by atoms with E-state index in [0.717, 1.165) is 5.56 Å². The van der Waals surface area contributed by atoms with Gasteiger partial charge in [0, 0.05) is 0 Å². The zero-order valence-electron chi connectivity index (χ0n) is 5.70. The third-order valence-electron chi connectivity index (χ3n) is 1.31. The fourth-order valence-electron chi connectivity index (χ4n) is 0.765. The van der Waals surface area contributed by atoms with Gasteiger partial charge in [-0.05, 0) is 5.56 Å². The van der Waals surface area contributed by atoms with Crippen LogP contribution in [-0.2, 0) is 4.79 Å². The van der Waals surface area contributed by atoms with E-state index in [0.29, 0.717) is 0 Å². The summed E-state index contributed by atoms with van der Waals surface area (Å²) in [6, 6.07) is 9.02. The summed E-state index contributed by atoms with van der Waals surface area (Å²) in [5, 5.41) is 8.59. The highest BCUT2D eigenvalue weighted by molar-refractivity contribution is 9.09.